The number of aromatic nitrogens is 3. The summed E-state index contributed by atoms with van der Waals surface area (Å²) in [5, 5.41) is 4.29. The van der Waals surface area contributed by atoms with E-state index in [9.17, 15) is 14.0 Å². The quantitative estimate of drug-likeness (QED) is 0.349. The molecule has 0 atom stereocenters. The average Bonchev–Trinajstić information content (AvgIpc) is 3.54. The van der Waals surface area contributed by atoms with Gasteiger partial charge < -0.3 is 13.8 Å². The van der Waals surface area contributed by atoms with Crippen LogP contribution in [0.25, 0.3) is 11.3 Å². The molecule has 0 spiro atoms. The summed E-state index contributed by atoms with van der Waals surface area (Å²) in [6.07, 6.45) is 10.9. The number of rotatable bonds is 8. The van der Waals surface area contributed by atoms with Gasteiger partial charge in [0.1, 0.15) is 5.67 Å². The number of hydrogen-bond donors (Lipinski definition) is 0. The molecule has 7 saturated carbocycles. The number of halogens is 1. The molecule has 8 nitrogen and oxygen atoms in total. The Labute approximate surface area is 231 Å². The van der Waals surface area contributed by atoms with Gasteiger partial charge in [0.15, 0.2) is 11.6 Å². The molecule has 2 heterocycles. The van der Waals surface area contributed by atoms with Crippen molar-refractivity contribution in [3.63, 3.8) is 0 Å². The van der Waals surface area contributed by atoms with Crippen molar-refractivity contribution in [3.8, 4) is 11.3 Å². The van der Waals surface area contributed by atoms with E-state index in [0.29, 0.717) is 44.0 Å². The topological polar surface area (TPSA) is 94.4 Å². The molecule has 0 unspecified atom stereocenters. The van der Waals surface area contributed by atoms with Crippen LogP contribution in [-0.2, 0) is 16.8 Å². The van der Waals surface area contributed by atoms with E-state index in [-0.39, 0.29) is 16.7 Å². The number of anilines is 1. The van der Waals surface area contributed by atoms with Crippen LogP contribution in [0, 0.1) is 10.8 Å². The summed E-state index contributed by atoms with van der Waals surface area (Å²) >= 11 is 0. The van der Waals surface area contributed by atoms with Crippen molar-refractivity contribution in [2.45, 2.75) is 101 Å². The van der Waals surface area contributed by atoms with Crippen LogP contribution in [0.5, 0.6) is 0 Å². The Morgan fingerprint density at radius 2 is 1.85 bits per heavy atom. The lowest BCUT2D eigenvalue weighted by Crippen LogP contribution is -2.71. The van der Waals surface area contributed by atoms with E-state index < -0.39 is 16.8 Å². The zero-order valence-corrected chi connectivity index (χ0v) is 23.0. The number of oxazole rings is 1. The van der Waals surface area contributed by atoms with Crippen molar-refractivity contribution in [2.75, 3.05) is 11.4 Å². The summed E-state index contributed by atoms with van der Waals surface area (Å²) in [4.78, 5) is 33.1. The summed E-state index contributed by atoms with van der Waals surface area (Å²) < 4.78 is 27.4. The Morgan fingerprint density at radius 1 is 1.12 bits per heavy atom. The van der Waals surface area contributed by atoms with Gasteiger partial charge in [0.25, 0.3) is 0 Å². The minimum atomic E-state index is -1.15. The molecular weight excluding hydrogens is 511 g/mol. The van der Waals surface area contributed by atoms with Crippen LogP contribution in [0.1, 0.15) is 95.2 Å². The van der Waals surface area contributed by atoms with Gasteiger partial charge in [0.2, 0.25) is 11.8 Å². The zero-order valence-electron chi connectivity index (χ0n) is 23.0. The fourth-order valence-electron chi connectivity index (χ4n) is 8.13. The van der Waals surface area contributed by atoms with Gasteiger partial charge in [-0.05, 0) is 95.1 Å². The number of aryl methyl sites for hydroxylation is 1. The van der Waals surface area contributed by atoms with Gasteiger partial charge in [-0.1, -0.05) is 17.3 Å². The van der Waals surface area contributed by atoms with Gasteiger partial charge in [-0.2, -0.15) is 4.98 Å². The highest BCUT2D eigenvalue weighted by Crippen LogP contribution is 2.70. The van der Waals surface area contributed by atoms with E-state index in [4.69, 9.17) is 13.9 Å². The van der Waals surface area contributed by atoms with E-state index in [2.05, 4.69) is 5.16 Å². The fraction of sp³-hybridized carbons (Fsp3) is 0.613. The van der Waals surface area contributed by atoms with Crippen LogP contribution >= 0.6 is 0 Å². The van der Waals surface area contributed by atoms with Crippen molar-refractivity contribution in [1.82, 2.24) is 14.7 Å². The number of carbonyl (C=O) groups excluding carboxylic acids is 1. The maximum absolute atomic E-state index is 14.5. The Balaban J connectivity index is 1.08. The lowest BCUT2D eigenvalue weighted by Gasteiger charge is -2.65. The van der Waals surface area contributed by atoms with E-state index in [0.717, 1.165) is 74.3 Å². The van der Waals surface area contributed by atoms with Gasteiger partial charge >= 0.3 is 5.76 Å². The molecule has 2 aromatic heterocycles. The second kappa shape index (κ2) is 8.17. The van der Waals surface area contributed by atoms with Crippen LogP contribution < -0.4 is 10.7 Å². The highest BCUT2D eigenvalue weighted by Gasteiger charge is 2.73. The van der Waals surface area contributed by atoms with Gasteiger partial charge in [-0.15, -0.1) is 0 Å². The monoisotopic (exact) mass is 546 g/mol. The van der Waals surface area contributed by atoms with Crippen molar-refractivity contribution in [1.29, 1.82) is 0 Å². The maximum Gasteiger partial charge on any atom is 0.419 e. The van der Waals surface area contributed by atoms with Crippen LogP contribution in [-0.4, -0.2) is 32.8 Å². The first kappa shape index (κ1) is 24.6. The molecule has 9 heteroatoms. The van der Waals surface area contributed by atoms with Crippen LogP contribution in [0.3, 0.4) is 0 Å². The van der Waals surface area contributed by atoms with Crippen molar-refractivity contribution >= 4 is 11.6 Å². The second-order valence-electron chi connectivity index (χ2n) is 13.6. The molecule has 10 rings (SSSR count). The second-order valence-corrected chi connectivity index (χ2v) is 13.6. The summed E-state index contributed by atoms with van der Waals surface area (Å²) in [7, 11) is 0. The normalized spacial score (nSPS) is 33.9. The van der Waals surface area contributed by atoms with Crippen molar-refractivity contribution < 1.29 is 18.1 Å². The number of alkyl halides is 1. The molecular formula is C31H35FN4O4. The number of nitrogens with zero attached hydrogens (tertiary/aromatic N) is 4. The maximum atomic E-state index is 14.5. The standard InChI is InChI=1S/C31H35FN4O4/c1-2-35-15-23(39-27(35)38)21-4-3-5-22(14-21)36(26(37)30-16-31(32,17-30)18-30)19-28-8-11-29(12-9-28,13-10-28)25-33-24(34-40-25)20-6-7-20/h3-5,14-15,20H,2,6-13,16-19H2,1H3. The number of carbonyl (C=O) groups is 1. The Morgan fingerprint density at radius 3 is 2.48 bits per heavy atom. The van der Waals surface area contributed by atoms with Crippen molar-refractivity contribution in [3.05, 3.63) is 52.7 Å². The molecule has 4 bridgehead atoms. The first-order valence-corrected chi connectivity index (χ1v) is 14.9. The van der Waals surface area contributed by atoms with Gasteiger partial charge in [0.05, 0.1) is 11.6 Å². The first-order chi connectivity index (χ1) is 19.2. The van der Waals surface area contributed by atoms with E-state index in [1.165, 1.54) is 4.57 Å². The zero-order chi connectivity index (χ0) is 27.3. The van der Waals surface area contributed by atoms with Gasteiger partial charge in [-0.3, -0.25) is 9.36 Å². The average molecular weight is 547 g/mol. The van der Waals surface area contributed by atoms with E-state index >= 15 is 0 Å². The summed E-state index contributed by atoms with van der Waals surface area (Å²) in [6, 6.07) is 7.70. The molecule has 3 aromatic rings. The molecule has 0 radical (unpaired) electrons. The minimum Gasteiger partial charge on any atom is -0.408 e. The molecule has 0 saturated heterocycles. The Hall–Kier alpha value is -3.23. The molecule has 0 N–H and O–H groups in total. The summed E-state index contributed by atoms with van der Waals surface area (Å²) in [5.41, 5.74) is -0.223. The third kappa shape index (κ3) is 3.61. The molecule has 1 aromatic carbocycles. The van der Waals surface area contributed by atoms with Crippen LogP contribution in [0.15, 0.2) is 44.2 Å². The Kier molecular flexibility index (Phi) is 5.01. The molecule has 7 aliphatic rings. The first-order valence-electron chi connectivity index (χ1n) is 14.9. The van der Waals surface area contributed by atoms with Crippen LogP contribution in [0.2, 0.25) is 0 Å². The number of amides is 1. The summed E-state index contributed by atoms with van der Waals surface area (Å²) in [5.74, 6) is 2.29. The van der Waals surface area contributed by atoms with E-state index in [1.807, 2.05) is 36.1 Å². The fourth-order valence-corrected chi connectivity index (χ4v) is 8.13. The predicted molar refractivity (Wildman–Crippen MR) is 145 cm³/mol. The molecule has 0 aliphatic heterocycles. The highest BCUT2D eigenvalue weighted by molar-refractivity contribution is 6.00. The lowest BCUT2D eigenvalue weighted by atomic mass is 9.41. The van der Waals surface area contributed by atoms with E-state index in [1.54, 1.807) is 6.20 Å². The lowest BCUT2D eigenvalue weighted by molar-refractivity contribution is -0.211. The number of benzene rings is 1. The third-order valence-corrected chi connectivity index (χ3v) is 10.9. The number of hydrogen-bond acceptors (Lipinski definition) is 6. The SMILES string of the molecule is CCn1cc(-c2cccc(N(CC34CCC(c5nc(C6CC6)no5)(CC3)CC4)C(=O)C34CC(F)(C3)C4)c2)oc1=O. The molecule has 1 amide bonds. The Bertz CT molecular complexity index is 1520. The van der Waals surface area contributed by atoms with Gasteiger partial charge in [0, 0.05) is 35.7 Å². The van der Waals surface area contributed by atoms with Crippen molar-refractivity contribution in [2.24, 2.45) is 10.8 Å². The minimum absolute atomic E-state index is 0.00178. The summed E-state index contributed by atoms with van der Waals surface area (Å²) in [6.45, 7) is 3.03. The van der Waals surface area contributed by atoms with Crippen LogP contribution in [0.4, 0.5) is 10.1 Å². The smallest absolute Gasteiger partial charge is 0.408 e. The molecule has 7 fully saturated rings. The predicted octanol–water partition coefficient (Wildman–Crippen LogP) is 5.91. The molecule has 40 heavy (non-hydrogen) atoms. The molecule has 7 aliphatic carbocycles. The highest BCUT2D eigenvalue weighted by atomic mass is 19.1. The largest absolute Gasteiger partial charge is 0.419 e. The number of fused-ring (bicyclic) bond motifs is 3. The van der Waals surface area contributed by atoms with Gasteiger partial charge in [-0.25, -0.2) is 9.18 Å². The molecule has 210 valence electrons. The third-order valence-electron chi connectivity index (χ3n) is 10.9.